The maximum Gasteiger partial charge on any atom is 0.264 e. The summed E-state index contributed by atoms with van der Waals surface area (Å²) >= 11 is 0. The fourth-order valence-electron chi connectivity index (χ4n) is 0.872. The lowest BCUT2D eigenvalue weighted by Crippen LogP contribution is -2.05. The molecule has 0 saturated heterocycles. The highest BCUT2D eigenvalue weighted by Crippen LogP contribution is 2.12. The minimum absolute atomic E-state index is 0.277. The third-order valence-electron chi connectivity index (χ3n) is 1.41. The molecule has 0 atom stereocenters. The van der Waals surface area contributed by atoms with E-state index < -0.39 is 10.1 Å². The number of hydrogen-bond acceptors (Lipinski definition) is 3. The van der Waals surface area contributed by atoms with Crippen LogP contribution in [0.5, 0.6) is 0 Å². The minimum atomic E-state index is -3.86. The van der Waals surface area contributed by atoms with Gasteiger partial charge >= 0.3 is 0 Å². The van der Waals surface area contributed by atoms with Gasteiger partial charge in [-0.3, -0.25) is 4.55 Å². The van der Waals surface area contributed by atoms with Crippen molar-refractivity contribution >= 4 is 10.1 Å². The van der Waals surface area contributed by atoms with E-state index in [9.17, 15) is 8.42 Å². The van der Waals surface area contributed by atoms with Crippen molar-refractivity contribution in [3.8, 4) is 0 Å². The minimum Gasteiger partial charge on any atom is -0.387 e. The summed E-state index contributed by atoms with van der Waals surface area (Å²) in [7, 11) is -3.86. The van der Waals surface area contributed by atoms with E-state index in [1.165, 1.54) is 0 Å². The summed E-state index contributed by atoms with van der Waals surface area (Å²) < 4.78 is 28.8. The van der Waals surface area contributed by atoms with Crippen LogP contribution in [-0.4, -0.2) is 23.8 Å². The fraction of sp³-hybridized carbons (Fsp3) is 0.857. The van der Waals surface area contributed by atoms with E-state index in [1.807, 2.05) is 6.92 Å². The largest absolute Gasteiger partial charge is 0.387 e. The molecule has 1 radical (unpaired) electrons. The van der Waals surface area contributed by atoms with Crippen molar-refractivity contribution in [1.82, 2.24) is 0 Å². The molecule has 0 saturated carbocycles. The lowest BCUT2D eigenvalue weighted by Gasteiger charge is -2.05. The Morgan fingerprint density at radius 3 is 2.33 bits per heavy atom. The van der Waals surface area contributed by atoms with E-state index in [2.05, 4.69) is 0 Å². The first-order valence-corrected chi connectivity index (χ1v) is 5.55. The van der Waals surface area contributed by atoms with Gasteiger partial charge < -0.3 is 5.11 Å². The van der Waals surface area contributed by atoms with E-state index in [4.69, 9.17) is 9.66 Å². The smallest absolute Gasteiger partial charge is 0.264 e. The number of aliphatic hydroxyl groups excluding tert-OH is 1. The first-order valence-electron chi connectivity index (χ1n) is 3.94. The van der Waals surface area contributed by atoms with Crippen LogP contribution in [0.1, 0.15) is 32.6 Å². The second-order valence-corrected chi connectivity index (χ2v) is 4.28. The van der Waals surface area contributed by atoms with Crippen LogP contribution in [0.25, 0.3) is 0 Å². The average molecular weight is 195 g/mol. The van der Waals surface area contributed by atoms with Gasteiger partial charge in [-0.1, -0.05) is 13.3 Å². The second kappa shape index (κ2) is 5.50. The van der Waals surface area contributed by atoms with Crippen molar-refractivity contribution in [2.45, 2.75) is 32.6 Å². The molecule has 0 bridgehead atoms. The van der Waals surface area contributed by atoms with Crippen molar-refractivity contribution < 1.29 is 18.1 Å². The molecule has 0 heterocycles. The van der Waals surface area contributed by atoms with Crippen molar-refractivity contribution in [2.24, 2.45) is 0 Å². The predicted octanol–water partition coefficient (Wildman–Crippen LogP) is 1.36. The van der Waals surface area contributed by atoms with E-state index in [0.29, 0.717) is 18.9 Å². The molecule has 0 amide bonds. The number of aliphatic hydroxyl groups is 1. The van der Waals surface area contributed by atoms with Gasteiger partial charge in [-0.15, -0.1) is 0 Å². The van der Waals surface area contributed by atoms with Crippen molar-refractivity contribution in [3.63, 3.8) is 0 Å². The summed E-state index contributed by atoms with van der Waals surface area (Å²) in [5.74, 6) is -0.277. The van der Waals surface area contributed by atoms with E-state index in [-0.39, 0.29) is 12.2 Å². The molecule has 0 aliphatic heterocycles. The lowest BCUT2D eigenvalue weighted by atomic mass is 10.1. The summed E-state index contributed by atoms with van der Waals surface area (Å²) in [4.78, 5) is 0. The normalized spacial score (nSPS) is 12.3. The van der Waals surface area contributed by atoms with Crippen LogP contribution < -0.4 is 0 Å². The van der Waals surface area contributed by atoms with Crippen molar-refractivity contribution in [2.75, 3.05) is 5.75 Å². The molecule has 0 spiro atoms. The van der Waals surface area contributed by atoms with Crippen molar-refractivity contribution in [1.29, 1.82) is 0 Å². The van der Waals surface area contributed by atoms with Crippen LogP contribution in [0.2, 0.25) is 0 Å². The number of hydrogen-bond donors (Lipinski definition) is 2. The quantitative estimate of drug-likeness (QED) is 0.627. The lowest BCUT2D eigenvalue weighted by molar-refractivity contribution is 0.265. The van der Waals surface area contributed by atoms with Gasteiger partial charge in [0, 0.05) is 0 Å². The van der Waals surface area contributed by atoms with Crippen LogP contribution >= 0.6 is 0 Å². The third kappa shape index (κ3) is 7.97. The summed E-state index contributed by atoms with van der Waals surface area (Å²) in [5.41, 5.74) is 0. The van der Waals surface area contributed by atoms with Gasteiger partial charge in [0.2, 0.25) is 0 Å². The Morgan fingerprint density at radius 2 is 1.92 bits per heavy atom. The van der Waals surface area contributed by atoms with E-state index in [0.717, 1.165) is 6.42 Å². The molecular formula is C7H15O4S. The zero-order valence-electron chi connectivity index (χ0n) is 7.15. The predicted molar refractivity (Wildman–Crippen MR) is 45.7 cm³/mol. The maximum absolute atomic E-state index is 10.2. The van der Waals surface area contributed by atoms with Crippen LogP contribution in [0.4, 0.5) is 0 Å². The molecule has 2 N–H and O–H groups in total. The van der Waals surface area contributed by atoms with Gasteiger partial charge in [0.25, 0.3) is 10.1 Å². The molecule has 5 heteroatoms. The van der Waals surface area contributed by atoms with Gasteiger partial charge in [-0.05, 0) is 19.3 Å². The van der Waals surface area contributed by atoms with Crippen LogP contribution in [0.3, 0.4) is 0 Å². The maximum atomic E-state index is 10.2. The standard InChI is InChI=1S/C7H15O4S/c1-2-4-7(8)5-3-6-12(9,10)11/h8H,2-6H2,1H3,(H,9,10,11). The van der Waals surface area contributed by atoms with Crippen molar-refractivity contribution in [3.05, 3.63) is 6.10 Å². The van der Waals surface area contributed by atoms with E-state index in [1.54, 1.807) is 0 Å². The van der Waals surface area contributed by atoms with Gasteiger partial charge in [-0.2, -0.15) is 8.42 Å². The highest BCUT2D eigenvalue weighted by atomic mass is 32.2. The summed E-state index contributed by atoms with van der Waals surface area (Å²) in [5, 5.41) is 9.09. The molecular weight excluding hydrogens is 180 g/mol. The Labute approximate surface area is 73.4 Å². The molecule has 0 aliphatic rings. The Morgan fingerprint density at radius 1 is 1.33 bits per heavy atom. The molecule has 0 aromatic rings. The molecule has 4 nitrogen and oxygen atoms in total. The zero-order valence-corrected chi connectivity index (χ0v) is 7.97. The van der Waals surface area contributed by atoms with Gasteiger partial charge in [0.05, 0.1) is 11.9 Å². The molecule has 0 unspecified atom stereocenters. The number of rotatable bonds is 6. The third-order valence-corrected chi connectivity index (χ3v) is 2.21. The molecule has 12 heavy (non-hydrogen) atoms. The topological polar surface area (TPSA) is 74.6 Å². The second-order valence-electron chi connectivity index (χ2n) is 2.71. The van der Waals surface area contributed by atoms with E-state index >= 15 is 0 Å². The SMILES string of the molecule is CCC[C](O)CCCS(=O)(=O)O. The molecule has 0 fully saturated rings. The first kappa shape index (κ1) is 11.9. The van der Waals surface area contributed by atoms with Crippen LogP contribution in [0, 0.1) is 6.10 Å². The fourth-order valence-corrected chi connectivity index (χ4v) is 1.38. The highest BCUT2D eigenvalue weighted by molar-refractivity contribution is 7.85. The Bertz CT molecular complexity index is 197. The molecule has 0 aromatic heterocycles. The molecule has 0 aromatic carbocycles. The van der Waals surface area contributed by atoms with Crippen LogP contribution in [-0.2, 0) is 10.1 Å². The Hall–Kier alpha value is -0.130. The Balaban J connectivity index is 3.44. The zero-order chi connectivity index (χ0) is 9.61. The molecule has 0 aliphatic carbocycles. The average Bonchev–Trinajstić information content (AvgIpc) is 1.84. The summed E-state index contributed by atoms with van der Waals surface area (Å²) in [6.07, 6.45) is 2.39. The summed E-state index contributed by atoms with van der Waals surface area (Å²) in [6, 6.07) is 0. The monoisotopic (exact) mass is 195 g/mol. The molecule has 0 rings (SSSR count). The Kier molecular flexibility index (Phi) is 5.44. The van der Waals surface area contributed by atoms with Gasteiger partial charge in [-0.25, -0.2) is 0 Å². The van der Waals surface area contributed by atoms with Gasteiger partial charge in [0.15, 0.2) is 0 Å². The van der Waals surface area contributed by atoms with Crippen LogP contribution in [0.15, 0.2) is 0 Å². The first-order chi connectivity index (χ1) is 5.45. The highest BCUT2D eigenvalue weighted by Gasteiger charge is 2.08. The summed E-state index contributed by atoms with van der Waals surface area (Å²) in [6.45, 7) is 1.93. The van der Waals surface area contributed by atoms with Gasteiger partial charge in [0.1, 0.15) is 0 Å². The molecule has 73 valence electrons.